The summed E-state index contributed by atoms with van der Waals surface area (Å²) in [5, 5.41) is 13.7. The van der Waals surface area contributed by atoms with E-state index in [-0.39, 0.29) is 5.82 Å². The summed E-state index contributed by atoms with van der Waals surface area (Å²) in [6.45, 7) is 2.40. The van der Waals surface area contributed by atoms with Gasteiger partial charge in [0.1, 0.15) is 5.82 Å². The molecule has 1 saturated carbocycles. The van der Waals surface area contributed by atoms with Crippen molar-refractivity contribution < 1.29 is 9.50 Å². The summed E-state index contributed by atoms with van der Waals surface area (Å²) in [5.41, 5.74) is 2.49. The maximum atomic E-state index is 14.3. The first-order valence-electron chi connectivity index (χ1n) is 6.90. The van der Waals surface area contributed by atoms with Crippen LogP contribution in [0.3, 0.4) is 0 Å². The molecule has 20 heavy (non-hydrogen) atoms. The zero-order valence-electron chi connectivity index (χ0n) is 11.4. The predicted molar refractivity (Wildman–Crippen MR) is 80.6 cm³/mol. The molecule has 0 spiro atoms. The van der Waals surface area contributed by atoms with E-state index in [1.54, 1.807) is 24.3 Å². The van der Waals surface area contributed by atoms with E-state index in [2.05, 4.69) is 16.3 Å². The Labute approximate surface area is 122 Å². The molecule has 2 aromatic rings. The third-order valence-electron chi connectivity index (χ3n) is 3.68. The van der Waals surface area contributed by atoms with Crippen LogP contribution in [0.25, 0.3) is 0 Å². The van der Waals surface area contributed by atoms with E-state index in [0.717, 1.165) is 19.4 Å². The lowest BCUT2D eigenvalue weighted by molar-refractivity contribution is 0.199. The molecule has 0 radical (unpaired) electrons. The number of thiophene rings is 1. The van der Waals surface area contributed by atoms with Crippen LogP contribution in [-0.2, 0) is 6.54 Å². The van der Waals surface area contributed by atoms with Crippen LogP contribution in [-0.4, -0.2) is 11.1 Å². The van der Waals surface area contributed by atoms with Gasteiger partial charge in [0, 0.05) is 12.6 Å². The van der Waals surface area contributed by atoms with Gasteiger partial charge in [0.25, 0.3) is 0 Å². The molecule has 4 heteroatoms. The van der Waals surface area contributed by atoms with Gasteiger partial charge in [-0.2, -0.15) is 11.3 Å². The molecular weight excluding hydrogens is 273 g/mol. The van der Waals surface area contributed by atoms with Crippen molar-refractivity contribution in [2.24, 2.45) is 0 Å². The Hall–Kier alpha value is -1.39. The van der Waals surface area contributed by atoms with Crippen LogP contribution in [0.4, 0.5) is 10.1 Å². The fourth-order valence-electron chi connectivity index (χ4n) is 2.39. The minimum Gasteiger partial charge on any atom is -0.389 e. The molecule has 106 valence electrons. The van der Waals surface area contributed by atoms with Crippen molar-refractivity contribution in [1.82, 2.24) is 0 Å². The lowest BCUT2D eigenvalue weighted by atomic mass is 10.1. The Balaban J connectivity index is 1.87. The maximum absolute atomic E-state index is 14.3. The van der Waals surface area contributed by atoms with E-state index in [9.17, 15) is 9.50 Å². The monoisotopic (exact) mass is 291 g/mol. The fraction of sp³-hybridized carbons (Fsp3) is 0.375. The normalized spacial score (nSPS) is 16.1. The van der Waals surface area contributed by atoms with E-state index in [1.165, 1.54) is 11.6 Å². The highest BCUT2D eigenvalue weighted by molar-refractivity contribution is 7.07. The Bertz CT molecular complexity index is 578. The van der Waals surface area contributed by atoms with Crippen molar-refractivity contribution in [1.29, 1.82) is 0 Å². The Morgan fingerprint density at radius 2 is 2.20 bits per heavy atom. The molecule has 1 aromatic carbocycles. The topological polar surface area (TPSA) is 23.5 Å². The van der Waals surface area contributed by atoms with E-state index in [1.807, 2.05) is 11.4 Å². The highest BCUT2D eigenvalue weighted by Gasteiger charge is 2.31. The Kier molecular flexibility index (Phi) is 3.76. The third-order valence-corrected chi connectivity index (χ3v) is 4.42. The van der Waals surface area contributed by atoms with Gasteiger partial charge in [-0.15, -0.1) is 0 Å². The number of hydrogen-bond donors (Lipinski definition) is 1. The molecule has 1 atom stereocenters. The summed E-state index contributed by atoms with van der Waals surface area (Å²) < 4.78 is 14.3. The first-order chi connectivity index (χ1) is 9.65. The van der Waals surface area contributed by atoms with E-state index >= 15 is 0 Å². The first kappa shape index (κ1) is 13.6. The molecule has 1 aliphatic carbocycles. The van der Waals surface area contributed by atoms with Crippen LogP contribution in [0.15, 0.2) is 35.0 Å². The molecule has 0 bridgehead atoms. The van der Waals surface area contributed by atoms with Crippen LogP contribution < -0.4 is 4.90 Å². The molecule has 0 saturated heterocycles. The SMILES string of the molecule is C[C@H](O)c1ccc(N(Cc2ccsc2)C2CC2)c(F)c1. The summed E-state index contributed by atoms with van der Waals surface area (Å²) in [5.74, 6) is -0.245. The molecule has 0 aliphatic heterocycles. The number of anilines is 1. The Morgan fingerprint density at radius 1 is 1.40 bits per heavy atom. The molecule has 1 fully saturated rings. The molecule has 1 aromatic heterocycles. The van der Waals surface area contributed by atoms with Crippen LogP contribution in [0, 0.1) is 5.82 Å². The average Bonchev–Trinajstić information content (AvgIpc) is 3.14. The van der Waals surface area contributed by atoms with E-state index < -0.39 is 6.10 Å². The van der Waals surface area contributed by atoms with Crippen molar-refractivity contribution >= 4 is 17.0 Å². The second kappa shape index (κ2) is 5.54. The Morgan fingerprint density at radius 3 is 2.75 bits per heavy atom. The van der Waals surface area contributed by atoms with Crippen LogP contribution in [0.2, 0.25) is 0 Å². The summed E-state index contributed by atoms with van der Waals surface area (Å²) in [6, 6.07) is 7.58. The van der Waals surface area contributed by atoms with Crippen LogP contribution in [0.1, 0.15) is 37.0 Å². The standard InChI is InChI=1S/C16H18FNOS/c1-11(19)13-2-5-16(15(17)8-13)18(14-3-4-14)9-12-6-7-20-10-12/h2,5-8,10-11,14,19H,3-4,9H2,1H3/t11-/m0/s1. The fourth-order valence-corrected chi connectivity index (χ4v) is 3.05. The van der Waals surface area contributed by atoms with Gasteiger partial charge in [-0.05, 0) is 59.9 Å². The quantitative estimate of drug-likeness (QED) is 0.896. The van der Waals surface area contributed by atoms with Gasteiger partial charge in [-0.1, -0.05) is 6.07 Å². The minimum absolute atomic E-state index is 0.245. The molecule has 1 heterocycles. The predicted octanol–water partition coefficient (Wildman–Crippen LogP) is 4.11. The number of hydrogen-bond acceptors (Lipinski definition) is 3. The van der Waals surface area contributed by atoms with Gasteiger partial charge >= 0.3 is 0 Å². The van der Waals surface area contributed by atoms with E-state index in [4.69, 9.17) is 0 Å². The highest BCUT2D eigenvalue weighted by Crippen LogP contribution is 2.35. The lowest BCUT2D eigenvalue weighted by Crippen LogP contribution is -2.25. The van der Waals surface area contributed by atoms with Gasteiger partial charge in [-0.25, -0.2) is 4.39 Å². The number of nitrogens with zero attached hydrogens (tertiary/aromatic N) is 1. The zero-order valence-corrected chi connectivity index (χ0v) is 12.2. The highest BCUT2D eigenvalue weighted by atomic mass is 32.1. The molecule has 0 unspecified atom stereocenters. The number of aliphatic hydroxyl groups excluding tert-OH is 1. The third kappa shape index (κ3) is 2.86. The van der Waals surface area contributed by atoms with Gasteiger partial charge in [0.2, 0.25) is 0 Å². The summed E-state index contributed by atoms with van der Waals surface area (Å²) in [4.78, 5) is 2.14. The van der Waals surface area contributed by atoms with Gasteiger partial charge in [-0.3, -0.25) is 0 Å². The van der Waals surface area contributed by atoms with Crippen molar-refractivity contribution in [3.63, 3.8) is 0 Å². The zero-order chi connectivity index (χ0) is 14.1. The van der Waals surface area contributed by atoms with Crippen molar-refractivity contribution in [3.8, 4) is 0 Å². The van der Waals surface area contributed by atoms with Crippen molar-refractivity contribution in [2.45, 2.75) is 38.5 Å². The van der Waals surface area contributed by atoms with Crippen LogP contribution in [0.5, 0.6) is 0 Å². The molecule has 1 aliphatic rings. The van der Waals surface area contributed by atoms with Crippen molar-refractivity contribution in [3.05, 3.63) is 52.0 Å². The molecule has 3 rings (SSSR count). The van der Waals surface area contributed by atoms with Gasteiger partial charge in [0.05, 0.1) is 11.8 Å². The van der Waals surface area contributed by atoms with E-state index in [0.29, 0.717) is 17.3 Å². The first-order valence-corrected chi connectivity index (χ1v) is 7.84. The summed E-state index contributed by atoms with van der Waals surface area (Å²) >= 11 is 1.67. The average molecular weight is 291 g/mol. The summed E-state index contributed by atoms with van der Waals surface area (Å²) in [7, 11) is 0. The van der Waals surface area contributed by atoms with Gasteiger partial charge < -0.3 is 10.0 Å². The molecular formula is C16H18FNOS. The van der Waals surface area contributed by atoms with Crippen molar-refractivity contribution in [2.75, 3.05) is 4.90 Å². The largest absolute Gasteiger partial charge is 0.389 e. The number of halogens is 1. The number of aliphatic hydroxyl groups is 1. The van der Waals surface area contributed by atoms with Gasteiger partial charge in [0.15, 0.2) is 0 Å². The minimum atomic E-state index is -0.634. The number of rotatable bonds is 5. The smallest absolute Gasteiger partial charge is 0.146 e. The maximum Gasteiger partial charge on any atom is 0.146 e. The second-order valence-electron chi connectivity index (χ2n) is 5.38. The molecule has 1 N–H and O–H groups in total. The number of benzene rings is 1. The molecule has 0 amide bonds. The summed E-state index contributed by atoms with van der Waals surface area (Å²) in [6.07, 6.45) is 1.62. The van der Waals surface area contributed by atoms with Crippen LogP contribution >= 0.6 is 11.3 Å². The molecule has 2 nitrogen and oxygen atoms in total. The lowest BCUT2D eigenvalue weighted by Gasteiger charge is -2.25. The second-order valence-corrected chi connectivity index (χ2v) is 6.16.